The lowest BCUT2D eigenvalue weighted by atomic mass is 9.73. The van der Waals surface area contributed by atoms with Crippen LogP contribution in [0.15, 0.2) is 176 Å². The van der Waals surface area contributed by atoms with E-state index < -0.39 is 8.07 Å². The summed E-state index contributed by atoms with van der Waals surface area (Å²) in [6, 6.07) is 66.1. The maximum atomic E-state index is 2.55. The minimum absolute atomic E-state index is 0.0812. The smallest absolute Gasteiger partial charge is 0.179 e. The van der Waals surface area contributed by atoms with Crippen molar-refractivity contribution in [1.29, 1.82) is 0 Å². The van der Waals surface area contributed by atoms with E-state index in [1.165, 1.54) is 71.2 Å². The number of rotatable bonds is 5. The molecule has 0 atom stereocenters. The summed E-state index contributed by atoms with van der Waals surface area (Å²) in [5.74, 6) is 0. The number of anilines is 3. The third-order valence-corrected chi connectivity index (χ3v) is 15.6. The molecule has 1 aliphatic heterocycles. The van der Waals surface area contributed by atoms with Crippen molar-refractivity contribution in [1.82, 2.24) is 0 Å². The highest BCUT2D eigenvalue weighted by Gasteiger charge is 2.42. The highest BCUT2D eigenvalue weighted by Crippen LogP contribution is 2.52. The van der Waals surface area contributed by atoms with E-state index in [9.17, 15) is 0 Å². The van der Waals surface area contributed by atoms with Crippen LogP contribution in [0.4, 0.5) is 17.1 Å². The summed E-state index contributed by atoms with van der Waals surface area (Å²) in [4.78, 5) is 2.48. The first-order chi connectivity index (χ1) is 23.6. The number of nitrogens with zero attached hydrogens (tertiary/aromatic N) is 1. The third kappa shape index (κ3) is 4.23. The topological polar surface area (TPSA) is 3.24 Å². The molecule has 0 saturated heterocycles. The van der Waals surface area contributed by atoms with Gasteiger partial charge in [-0.3, -0.25) is 0 Å². The van der Waals surface area contributed by atoms with Gasteiger partial charge in [0.15, 0.2) is 8.07 Å². The zero-order valence-electron chi connectivity index (χ0n) is 27.4. The van der Waals surface area contributed by atoms with Crippen LogP contribution in [0, 0.1) is 0 Å². The Hall–Kier alpha value is -5.44. The summed E-state index contributed by atoms with van der Waals surface area (Å²) in [6.07, 6.45) is 0.960. The fraction of sp³-hybridized carbons (Fsp3) is 0.0870. The Labute approximate surface area is 284 Å². The molecule has 0 N–H and O–H groups in total. The molecule has 1 nitrogen and oxygen atoms in total. The zero-order valence-corrected chi connectivity index (χ0v) is 28.4. The normalized spacial score (nSPS) is 14.1. The van der Waals surface area contributed by atoms with Gasteiger partial charge in [0.25, 0.3) is 0 Å². The summed E-state index contributed by atoms with van der Waals surface area (Å²) in [7, 11) is -2.63. The molecule has 1 heterocycles. The van der Waals surface area contributed by atoms with E-state index in [1.807, 2.05) is 0 Å². The van der Waals surface area contributed by atoms with Crippen molar-refractivity contribution >= 4 is 45.9 Å². The first-order valence-corrected chi connectivity index (χ1v) is 19.0. The molecule has 0 radical (unpaired) electrons. The first kappa shape index (κ1) is 28.8. The summed E-state index contributed by atoms with van der Waals surface area (Å²) in [5, 5.41) is 5.62. The minimum Gasteiger partial charge on any atom is -0.310 e. The van der Waals surface area contributed by atoms with E-state index in [4.69, 9.17) is 0 Å². The van der Waals surface area contributed by atoms with Crippen molar-refractivity contribution in [3.8, 4) is 11.1 Å². The monoisotopic (exact) mass is 631 g/mol. The summed E-state index contributed by atoms with van der Waals surface area (Å²) >= 11 is 0. The van der Waals surface area contributed by atoms with Gasteiger partial charge >= 0.3 is 0 Å². The quantitative estimate of drug-likeness (QED) is 0.136. The minimum atomic E-state index is -2.63. The molecule has 7 aromatic carbocycles. The van der Waals surface area contributed by atoms with Crippen LogP contribution >= 0.6 is 0 Å². The summed E-state index contributed by atoms with van der Waals surface area (Å²) in [5.41, 5.74) is 11.9. The average molecular weight is 632 g/mol. The molecule has 0 saturated carbocycles. The van der Waals surface area contributed by atoms with Crippen LogP contribution in [0.1, 0.15) is 36.1 Å². The molecule has 2 heteroatoms. The van der Waals surface area contributed by atoms with Gasteiger partial charge in [-0.05, 0) is 84.8 Å². The van der Waals surface area contributed by atoms with Gasteiger partial charge < -0.3 is 4.90 Å². The van der Waals surface area contributed by atoms with Crippen molar-refractivity contribution in [2.24, 2.45) is 0 Å². The van der Waals surface area contributed by atoms with Gasteiger partial charge in [0.05, 0.1) is 11.4 Å². The van der Waals surface area contributed by atoms with Gasteiger partial charge in [0, 0.05) is 11.1 Å². The van der Waals surface area contributed by atoms with Crippen molar-refractivity contribution in [2.45, 2.75) is 25.7 Å². The van der Waals surface area contributed by atoms with E-state index in [0.717, 1.165) is 6.42 Å². The van der Waals surface area contributed by atoms with Crippen LogP contribution in [0.3, 0.4) is 0 Å². The maximum Gasteiger partial charge on any atom is 0.179 e. The largest absolute Gasteiger partial charge is 0.310 e. The molecule has 0 spiro atoms. The number of para-hydroxylation sites is 2. The Morgan fingerprint density at radius 3 is 1.40 bits per heavy atom. The Bertz CT molecular complexity index is 2140. The molecule has 0 bridgehead atoms. The molecule has 7 aromatic rings. The van der Waals surface area contributed by atoms with E-state index in [-0.39, 0.29) is 5.41 Å². The van der Waals surface area contributed by atoms with E-state index in [2.05, 4.69) is 195 Å². The maximum absolute atomic E-state index is 2.63. The van der Waals surface area contributed by atoms with Gasteiger partial charge in [0.1, 0.15) is 0 Å². The molecule has 9 rings (SSSR count). The lowest BCUT2D eigenvalue weighted by Gasteiger charge is -2.42. The van der Waals surface area contributed by atoms with Crippen LogP contribution in [0.2, 0.25) is 0 Å². The summed E-state index contributed by atoms with van der Waals surface area (Å²) in [6.45, 7) is 4.70. The molecule has 48 heavy (non-hydrogen) atoms. The van der Waals surface area contributed by atoms with Gasteiger partial charge in [-0.1, -0.05) is 166 Å². The van der Waals surface area contributed by atoms with Crippen molar-refractivity contribution in [2.75, 3.05) is 4.90 Å². The van der Waals surface area contributed by atoms with Crippen LogP contribution in [0.25, 0.3) is 11.1 Å². The Morgan fingerprint density at radius 1 is 0.438 bits per heavy atom. The van der Waals surface area contributed by atoms with Crippen LogP contribution in [-0.2, 0) is 11.8 Å². The van der Waals surface area contributed by atoms with E-state index >= 15 is 0 Å². The Balaban J connectivity index is 1.26. The number of hydrogen-bond acceptors (Lipinski definition) is 1. The molecule has 0 unspecified atom stereocenters. The Morgan fingerprint density at radius 2 is 0.875 bits per heavy atom. The van der Waals surface area contributed by atoms with E-state index in [0.29, 0.717) is 0 Å². The molecule has 0 aromatic heterocycles. The van der Waals surface area contributed by atoms with Gasteiger partial charge in [0.2, 0.25) is 0 Å². The fourth-order valence-electron chi connectivity index (χ4n) is 8.54. The van der Waals surface area contributed by atoms with E-state index in [1.54, 1.807) is 0 Å². The van der Waals surface area contributed by atoms with Crippen LogP contribution < -0.4 is 25.6 Å². The fourth-order valence-corrected chi connectivity index (χ4v) is 13.3. The Kier molecular flexibility index (Phi) is 6.64. The molecule has 0 fully saturated rings. The number of fused-ring (bicyclic) bond motifs is 5. The second kappa shape index (κ2) is 11.1. The third-order valence-electron chi connectivity index (χ3n) is 10.8. The second-order valence-electron chi connectivity index (χ2n) is 13.7. The predicted octanol–water partition coefficient (Wildman–Crippen LogP) is 8.74. The lowest BCUT2D eigenvalue weighted by molar-refractivity contribution is 0.632. The van der Waals surface area contributed by atoms with Gasteiger partial charge in [-0.15, -0.1) is 0 Å². The van der Waals surface area contributed by atoms with Gasteiger partial charge in [-0.2, -0.15) is 0 Å². The molecule has 2 aliphatic rings. The lowest BCUT2D eigenvalue weighted by Crippen LogP contribution is -2.74. The first-order valence-electron chi connectivity index (χ1n) is 17.0. The number of benzene rings is 7. The molecular weight excluding hydrogens is 595 g/mol. The molecule has 1 aliphatic carbocycles. The van der Waals surface area contributed by atoms with Crippen LogP contribution in [0.5, 0.6) is 0 Å². The highest BCUT2D eigenvalue weighted by molar-refractivity contribution is 7.19. The number of hydrogen-bond donors (Lipinski definition) is 0. The van der Waals surface area contributed by atoms with Crippen LogP contribution in [-0.4, -0.2) is 8.07 Å². The van der Waals surface area contributed by atoms with Crippen molar-refractivity contribution in [3.05, 3.63) is 198 Å². The predicted molar refractivity (Wildman–Crippen MR) is 205 cm³/mol. The summed E-state index contributed by atoms with van der Waals surface area (Å²) < 4.78 is 0. The SMILES string of the molecule is CC1(C)c2ccccc2N(c2ccc3c(c2)-c2cc([Si](c4ccccc4)(c4ccccc4)c4ccccc4)ccc2C3)c2ccccc21. The average Bonchev–Trinajstić information content (AvgIpc) is 3.51. The van der Waals surface area contributed by atoms with Crippen molar-refractivity contribution in [3.63, 3.8) is 0 Å². The highest BCUT2D eigenvalue weighted by atomic mass is 28.3. The molecule has 230 valence electrons. The van der Waals surface area contributed by atoms with Crippen molar-refractivity contribution < 1.29 is 0 Å². The molecule has 0 amide bonds. The molecular formula is C46H37NSi. The second-order valence-corrected chi connectivity index (χ2v) is 17.5. The van der Waals surface area contributed by atoms with Gasteiger partial charge in [-0.25, -0.2) is 0 Å². The zero-order chi connectivity index (χ0) is 32.3. The standard InChI is InChI=1S/C46H37NSi/c1-46(2)42-22-12-14-24-44(42)47(45-25-15-13-23-43(45)46)35-28-26-33-30-34-27-29-39(32-41(34)40(33)31-35)48(36-16-6-3-7-17-36,37-18-8-4-9-19-37)38-20-10-5-11-21-38/h3-29,31-32H,30H2,1-2H3.